The number of carbonyl (C=O) groups excluding carboxylic acids is 1. The Hall–Kier alpha value is -2.02. The van der Waals surface area contributed by atoms with Crippen LogP contribution in [0, 0.1) is 6.92 Å². The van der Waals surface area contributed by atoms with Gasteiger partial charge in [0.1, 0.15) is 0 Å². The van der Waals surface area contributed by atoms with Gasteiger partial charge in [0.15, 0.2) is 11.0 Å². The number of nitrogens with zero attached hydrogens (tertiary/aromatic N) is 3. The second-order valence-corrected chi connectivity index (χ2v) is 7.48. The molecule has 0 aliphatic rings. The first-order chi connectivity index (χ1) is 12.4. The van der Waals surface area contributed by atoms with Gasteiger partial charge >= 0.3 is 0 Å². The molecule has 5 nitrogen and oxygen atoms in total. The highest BCUT2D eigenvalue weighted by atomic mass is 35.5. The number of rotatable bonds is 5. The largest absolute Gasteiger partial charge is 0.324 e. The van der Waals surface area contributed by atoms with Crippen LogP contribution in [-0.2, 0) is 11.8 Å². The lowest BCUT2D eigenvalue weighted by Crippen LogP contribution is -2.14. The number of carbonyl (C=O) groups is 1. The fourth-order valence-corrected chi connectivity index (χ4v) is 3.47. The van der Waals surface area contributed by atoms with Crippen molar-refractivity contribution < 1.29 is 4.79 Å². The molecule has 0 fully saturated rings. The summed E-state index contributed by atoms with van der Waals surface area (Å²) in [5.74, 6) is 0.770. The molecular formula is C18H16Cl2N4OS. The molecule has 1 heterocycles. The monoisotopic (exact) mass is 406 g/mol. The molecule has 1 amide bonds. The van der Waals surface area contributed by atoms with Gasteiger partial charge in [0, 0.05) is 17.6 Å². The van der Waals surface area contributed by atoms with Crippen molar-refractivity contribution in [1.82, 2.24) is 14.8 Å². The van der Waals surface area contributed by atoms with Gasteiger partial charge in [-0.2, -0.15) is 0 Å². The Balaban J connectivity index is 1.64. The van der Waals surface area contributed by atoms with Gasteiger partial charge in [-0.1, -0.05) is 64.8 Å². The second-order valence-electron chi connectivity index (χ2n) is 5.69. The van der Waals surface area contributed by atoms with Gasteiger partial charge in [0.2, 0.25) is 5.91 Å². The number of amides is 1. The number of benzene rings is 2. The van der Waals surface area contributed by atoms with E-state index in [2.05, 4.69) is 15.5 Å². The van der Waals surface area contributed by atoms with Crippen molar-refractivity contribution in [3.63, 3.8) is 0 Å². The molecule has 0 spiro atoms. The third-order valence-corrected chi connectivity index (χ3v) is 5.25. The molecule has 2 aromatic carbocycles. The first kappa shape index (κ1) is 18.8. The van der Waals surface area contributed by atoms with E-state index in [4.69, 9.17) is 23.2 Å². The van der Waals surface area contributed by atoms with Gasteiger partial charge in [-0.15, -0.1) is 10.2 Å². The number of hydrogen-bond donors (Lipinski definition) is 1. The summed E-state index contributed by atoms with van der Waals surface area (Å²) in [6.07, 6.45) is 0. The minimum atomic E-state index is -0.181. The molecule has 26 heavy (non-hydrogen) atoms. The van der Waals surface area contributed by atoms with Crippen LogP contribution in [0.25, 0.3) is 11.4 Å². The van der Waals surface area contributed by atoms with Crippen molar-refractivity contribution in [2.75, 3.05) is 11.1 Å². The standard InChI is InChI=1S/C18H16Cl2N4OS/c1-11-3-5-12(6-4-11)17-22-23-18(24(17)2)26-10-16(25)21-15-8-7-13(19)9-14(15)20/h3-9H,10H2,1-2H3,(H,21,25). The van der Waals surface area contributed by atoms with Gasteiger partial charge in [-0.25, -0.2) is 0 Å². The number of thioether (sulfide) groups is 1. The fraction of sp³-hybridized carbons (Fsp3) is 0.167. The highest BCUT2D eigenvalue weighted by Crippen LogP contribution is 2.26. The lowest BCUT2D eigenvalue weighted by Gasteiger charge is -2.07. The maximum absolute atomic E-state index is 12.2. The average Bonchev–Trinajstić information content (AvgIpc) is 2.97. The Kier molecular flexibility index (Phi) is 5.86. The average molecular weight is 407 g/mol. The van der Waals surface area contributed by atoms with E-state index in [0.29, 0.717) is 20.9 Å². The minimum Gasteiger partial charge on any atom is -0.324 e. The van der Waals surface area contributed by atoms with E-state index in [1.807, 2.05) is 42.8 Å². The Labute approximate surface area is 165 Å². The molecule has 0 unspecified atom stereocenters. The zero-order valence-corrected chi connectivity index (χ0v) is 16.5. The molecule has 1 aromatic heterocycles. The molecule has 3 aromatic rings. The van der Waals surface area contributed by atoms with Crippen LogP contribution in [0.3, 0.4) is 0 Å². The summed E-state index contributed by atoms with van der Waals surface area (Å²) in [5, 5.41) is 12.7. The third-order valence-electron chi connectivity index (χ3n) is 3.68. The predicted molar refractivity (Wildman–Crippen MR) is 107 cm³/mol. The zero-order valence-electron chi connectivity index (χ0n) is 14.2. The van der Waals surface area contributed by atoms with Crippen LogP contribution < -0.4 is 5.32 Å². The summed E-state index contributed by atoms with van der Waals surface area (Å²) in [7, 11) is 1.88. The summed E-state index contributed by atoms with van der Waals surface area (Å²) in [6.45, 7) is 2.04. The lowest BCUT2D eigenvalue weighted by atomic mass is 10.1. The summed E-state index contributed by atoms with van der Waals surface area (Å²) in [6, 6.07) is 13.0. The van der Waals surface area contributed by atoms with Crippen LogP contribution in [-0.4, -0.2) is 26.4 Å². The van der Waals surface area contributed by atoms with Gasteiger partial charge in [-0.3, -0.25) is 4.79 Å². The van der Waals surface area contributed by atoms with Crippen LogP contribution in [0.15, 0.2) is 47.6 Å². The Bertz CT molecular complexity index is 941. The fourth-order valence-electron chi connectivity index (χ4n) is 2.30. The van der Waals surface area contributed by atoms with E-state index in [1.54, 1.807) is 18.2 Å². The first-order valence-corrected chi connectivity index (χ1v) is 9.52. The maximum atomic E-state index is 12.2. The van der Waals surface area contributed by atoms with Crippen LogP contribution in [0.2, 0.25) is 10.0 Å². The number of hydrogen-bond acceptors (Lipinski definition) is 4. The number of anilines is 1. The molecule has 0 radical (unpaired) electrons. The van der Waals surface area contributed by atoms with Crippen LogP contribution in [0.4, 0.5) is 5.69 Å². The Morgan fingerprint density at radius 2 is 1.88 bits per heavy atom. The quantitative estimate of drug-likeness (QED) is 0.616. The number of aromatic nitrogens is 3. The zero-order chi connectivity index (χ0) is 18.7. The van der Waals surface area contributed by atoms with E-state index in [0.717, 1.165) is 11.4 Å². The van der Waals surface area contributed by atoms with E-state index >= 15 is 0 Å². The molecule has 1 N–H and O–H groups in total. The molecule has 134 valence electrons. The van der Waals surface area contributed by atoms with Crippen LogP contribution in [0.1, 0.15) is 5.56 Å². The van der Waals surface area contributed by atoms with Crippen LogP contribution in [0.5, 0.6) is 0 Å². The molecule has 0 aliphatic heterocycles. The number of aryl methyl sites for hydroxylation is 1. The lowest BCUT2D eigenvalue weighted by molar-refractivity contribution is -0.113. The summed E-state index contributed by atoms with van der Waals surface area (Å²) in [5.41, 5.74) is 2.69. The maximum Gasteiger partial charge on any atom is 0.234 e. The smallest absolute Gasteiger partial charge is 0.234 e. The molecular weight excluding hydrogens is 391 g/mol. The van der Waals surface area contributed by atoms with E-state index in [9.17, 15) is 4.79 Å². The van der Waals surface area contributed by atoms with Gasteiger partial charge in [0.25, 0.3) is 0 Å². The Morgan fingerprint density at radius 3 is 2.58 bits per heavy atom. The molecule has 0 atom stereocenters. The number of nitrogens with one attached hydrogen (secondary N) is 1. The van der Waals surface area contributed by atoms with Crippen molar-refractivity contribution in [2.45, 2.75) is 12.1 Å². The SMILES string of the molecule is Cc1ccc(-c2nnc(SCC(=O)Nc3ccc(Cl)cc3Cl)n2C)cc1. The normalized spacial score (nSPS) is 10.8. The van der Waals surface area contributed by atoms with Gasteiger partial charge in [-0.05, 0) is 25.1 Å². The first-order valence-electron chi connectivity index (χ1n) is 7.78. The van der Waals surface area contributed by atoms with Crippen molar-refractivity contribution >= 4 is 46.6 Å². The molecule has 3 rings (SSSR count). The second kappa shape index (κ2) is 8.12. The predicted octanol–water partition coefficient (Wildman–Crippen LogP) is 4.83. The van der Waals surface area contributed by atoms with Crippen molar-refractivity contribution in [3.05, 3.63) is 58.1 Å². The summed E-state index contributed by atoms with van der Waals surface area (Å²) < 4.78 is 1.87. The molecule has 0 aliphatic carbocycles. The van der Waals surface area contributed by atoms with E-state index in [-0.39, 0.29) is 11.7 Å². The molecule has 0 saturated heterocycles. The molecule has 0 saturated carbocycles. The third kappa shape index (κ3) is 4.38. The van der Waals surface area contributed by atoms with Crippen LogP contribution >= 0.6 is 35.0 Å². The van der Waals surface area contributed by atoms with Crippen molar-refractivity contribution in [1.29, 1.82) is 0 Å². The Morgan fingerprint density at radius 1 is 1.15 bits per heavy atom. The highest BCUT2D eigenvalue weighted by molar-refractivity contribution is 7.99. The van der Waals surface area contributed by atoms with Crippen molar-refractivity contribution in [2.24, 2.45) is 7.05 Å². The van der Waals surface area contributed by atoms with E-state index < -0.39 is 0 Å². The van der Waals surface area contributed by atoms with Gasteiger partial charge < -0.3 is 9.88 Å². The molecule has 8 heteroatoms. The van der Waals surface area contributed by atoms with Crippen molar-refractivity contribution in [3.8, 4) is 11.4 Å². The van der Waals surface area contributed by atoms with E-state index in [1.165, 1.54) is 17.3 Å². The highest BCUT2D eigenvalue weighted by Gasteiger charge is 2.13. The summed E-state index contributed by atoms with van der Waals surface area (Å²) in [4.78, 5) is 12.2. The summed E-state index contributed by atoms with van der Waals surface area (Å²) >= 11 is 13.2. The minimum absolute atomic E-state index is 0.181. The van der Waals surface area contributed by atoms with Gasteiger partial charge in [0.05, 0.1) is 16.5 Å². The topological polar surface area (TPSA) is 59.8 Å². The number of halogens is 2. The molecule has 0 bridgehead atoms.